The Balaban J connectivity index is 2.52. The molecule has 0 bridgehead atoms. The summed E-state index contributed by atoms with van der Waals surface area (Å²) in [6, 6.07) is 6.29. The fourth-order valence-electron chi connectivity index (χ4n) is 2.05. The molecule has 2 rings (SSSR count). The molecule has 0 radical (unpaired) electrons. The van der Waals surface area contributed by atoms with Crippen LogP contribution in [-0.2, 0) is 10.3 Å². The van der Waals surface area contributed by atoms with Crippen LogP contribution in [0.1, 0.15) is 24.0 Å². The van der Waals surface area contributed by atoms with Gasteiger partial charge in [0.2, 0.25) is 6.08 Å². The highest BCUT2D eigenvalue weighted by Crippen LogP contribution is 2.52. The molecular formula is C13H16N2O. The van der Waals surface area contributed by atoms with E-state index >= 15 is 0 Å². The quantitative estimate of drug-likeness (QED) is 0.574. The zero-order valence-corrected chi connectivity index (χ0v) is 9.95. The second-order valence-corrected chi connectivity index (χ2v) is 4.65. The molecule has 0 heterocycles. The lowest BCUT2D eigenvalue weighted by Gasteiger charge is -2.21. The van der Waals surface area contributed by atoms with Crippen LogP contribution >= 0.6 is 0 Å². The average molecular weight is 216 g/mol. The standard InChI is InChI=1S/C13H16N2O/c1-10-4-5-11(12(8-10)15(2)3)13(6-7-13)14-9-16/h4-5,8H,6-7H2,1-3H3. The topological polar surface area (TPSA) is 32.7 Å². The second-order valence-electron chi connectivity index (χ2n) is 4.65. The summed E-state index contributed by atoms with van der Waals surface area (Å²) in [7, 11) is 4.03. The molecule has 1 aliphatic carbocycles. The molecule has 0 unspecified atom stereocenters. The van der Waals surface area contributed by atoms with Gasteiger partial charge in [-0.3, -0.25) is 0 Å². The van der Waals surface area contributed by atoms with Crippen LogP contribution in [0.5, 0.6) is 0 Å². The van der Waals surface area contributed by atoms with Crippen LogP contribution in [0.2, 0.25) is 0 Å². The van der Waals surface area contributed by atoms with E-state index in [0.29, 0.717) is 0 Å². The van der Waals surface area contributed by atoms with Crippen molar-refractivity contribution in [3.8, 4) is 0 Å². The third-order valence-corrected chi connectivity index (χ3v) is 3.12. The van der Waals surface area contributed by atoms with Crippen molar-refractivity contribution in [2.45, 2.75) is 25.3 Å². The summed E-state index contributed by atoms with van der Waals surface area (Å²) in [5.41, 5.74) is 3.23. The van der Waals surface area contributed by atoms with Gasteiger partial charge in [0.15, 0.2) is 0 Å². The number of hydrogen-bond donors (Lipinski definition) is 0. The Labute approximate surface area is 95.8 Å². The van der Waals surface area contributed by atoms with Crippen LogP contribution in [0.25, 0.3) is 0 Å². The molecule has 0 N–H and O–H groups in total. The van der Waals surface area contributed by atoms with Crippen molar-refractivity contribution < 1.29 is 4.79 Å². The minimum Gasteiger partial charge on any atom is -0.377 e. The molecule has 3 nitrogen and oxygen atoms in total. The minimum atomic E-state index is -0.283. The number of carbonyl (C=O) groups excluding carboxylic acids is 1. The lowest BCUT2D eigenvalue weighted by Crippen LogP contribution is -2.15. The number of aryl methyl sites for hydroxylation is 1. The van der Waals surface area contributed by atoms with Crippen LogP contribution in [-0.4, -0.2) is 20.2 Å². The zero-order valence-electron chi connectivity index (χ0n) is 9.95. The summed E-state index contributed by atoms with van der Waals surface area (Å²) in [6.07, 6.45) is 3.61. The van der Waals surface area contributed by atoms with Crippen molar-refractivity contribution in [2.75, 3.05) is 19.0 Å². The normalized spacial score (nSPS) is 16.4. The molecule has 16 heavy (non-hydrogen) atoms. The van der Waals surface area contributed by atoms with Crippen molar-refractivity contribution in [3.63, 3.8) is 0 Å². The van der Waals surface area contributed by atoms with Crippen LogP contribution in [0.4, 0.5) is 5.69 Å². The number of aliphatic imine (C=N–C) groups is 1. The van der Waals surface area contributed by atoms with Gasteiger partial charge in [0, 0.05) is 25.3 Å². The van der Waals surface area contributed by atoms with Gasteiger partial charge in [-0.2, -0.15) is 4.99 Å². The Morgan fingerprint density at radius 1 is 1.38 bits per heavy atom. The Morgan fingerprint density at radius 3 is 2.56 bits per heavy atom. The maximum Gasteiger partial charge on any atom is 0.235 e. The van der Waals surface area contributed by atoms with Gasteiger partial charge in [-0.15, -0.1) is 0 Å². The summed E-state index contributed by atoms with van der Waals surface area (Å²) < 4.78 is 0. The van der Waals surface area contributed by atoms with Crippen LogP contribution in [0.15, 0.2) is 23.2 Å². The molecule has 0 aliphatic heterocycles. The van der Waals surface area contributed by atoms with Crippen molar-refractivity contribution in [3.05, 3.63) is 29.3 Å². The Morgan fingerprint density at radius 2 is 2.06 bits per heavy atom. The number of anilines is 1. The smallest absolute Gasteiger partial charge is 0.235 e. The predicted molar refractivity (Wildman–Crippen MR) is 64.5 cm³/mol. The lowest BCUT2D eigenvalue weighted by molar-refractivity contribution is 0.556. The molecule has 3 heteroatoms. The van der Waals surface area contributed by atoms with Crippen LogP contribution in [0.3, 0.4) is 0 Å². The summed E-state index contributed by atoms with van der Waals surface area (Å²) in [5, 5.41) is 0. The number of nitrogens with zero attached hydrogens (tertiary/aromatic N) is 2. The van der Waals surface area contributed by atoms with E-state index in [-0.39, 0.29) is 5.54 Å². The van der Waals surface area contributed by atoms with Crippen molar-refractivity contribution >= 4 is 11.8 Å². The Bertz CT molecular complexity index is 455. The maximum atomic E-state index is 10.5. The molecule has 1 fully saturated rings. The molecule has 0 amide bonds. The minimum absolute atomic E-state index is 0.283. The van der Waals surface area contributed by atoms with E-state index in [9.17, 15) is 4.79 Å². The van der Waals surface area contributed by atoms with E-state index in [2.05, 4.69) is 35.0 Å². The van der Waals surface area contributed by atoms with Crippen LogP contribution in [0, 0.1) is 6.92 Å². The highest BCUT2D eigenvalue weighted by Gasteiger charge is 2.46. The number of hydrogen-bond acceptors (Lipinski definition) is 3. The van der Waals surface area contributed by atoms with Gasteiger partial charge >= 0.3 is 0 Å². The van der Waals surface area contributed by atoms with E-state index in [0.717, 1.165) is 24.1 Å². The highest BCUT2D eigenvalue weighted by atomic mass is 16.1. The second kappa shape index (κ2) is 3.76. The first-order chi connectivity index (χ1) is 7.59. The third-order valence-electron chi connectivity index (χ3n) is 3.12. The van der Waals surface area contributed by atoms with Gasteiger partial charge in [-0.25, -0.2) is 4.79 Å². The number of isocyanates is 1. The van der Waals surface area contributed by atoms with E-state index in [1.54, 1.807) is 6.08 Å². The number of benzene rings is 1. The molecule has 1 aliphatic rings. The molecular weight excluding hydrogens is 200 g/mol. The molecule has 84 valence electrons. The summed E-state index contributed by atoms with van der Waals surface area (Å²) in [5.74, 6) is 0. The predicted octanol–water partition coefficient (Wildman–Crippen LogP) is 2.39. The van der Waals surface area contributed by atoms with E-state index in [4.69, 9.17) is 0 Å². The van der Waals surface area contributed by atoms with Gasteiger partial charge in [0.1, 0.15) is 5.54 Å². The first-order valence-corrected chi connectivity index (χ1v) is 5.46. The van der Waals surface area contributed by atoms with Crippen molar-refractivity contribution in [1.82, 2.24) is 0 Å². The van der Waals surface area contributed by atoms with Crippen molar-refractivity contribution in [2.24, 2.45) is 4.99 Å². The molecule has 0 saturated heterocycles. The average Bonchev–Trinajstić information content (AvgIpc) is 2.99. The highest BCUT2D eigenvalue weighted by molar-refractivity contribution is 5.60. The first-order valence-electron chi connectivity index (χ1n) is 5.46. The van der Waals surface area contributed by atoms with E-state index < -0.39 is 0 Å². The summed E-state index contributed by atoms with van der Waals surface area (Å²) in [6.45, 7) is 2.07. The van der Waals surface area contributed by atoms with Crippen LogP contribution < -0.4 is 4.90 Å². The van der Waals surface area contributed by atoms with Crippen molar-refractivity contribution in [1.29, 1.82) is 0 Å². The van der Waals surface area contributed by atoms with E-state index in [1.807, 2.05) is 14.1 Å². The molecule has 1 aromatic carbocycles. The third kappa shape index (κ3) is 1.74. The van der Waals surface area contributed by atoms with Gasteiger partial charge in [-0.05, 0) is 31.4 Å². The maximum absolute atomic E-state index is 10.5. The van der Waals surface area contributed by atoms with Gasteiger partial charge in [-0.1, -0.05) is 12.1 Å². The first kappa shape index (κ1) is 10.9. The Hall–Kier alpha value is -1.60. The largest absolute Gasteiger partial charge is 0.377 e. The molecule has 0 atom stereocenters. The van der Waals surface area contributed by atoms with E-state index in [1.165, 1.54) is 5.56 Å². The fourth-order valence-corrected chi connectivity index (χ4v) is 2.05. The fraction of sp³-hybridized carbons (Fsp3) is 0.462. The molecule has 1 saturated carbocycles. The lowest BCUT2D eigenvalue weighted by atomic mass is 10.0. The number of rotatable bonds is 3. The summed E-state index contributed by atoms with van der Waals surface area (Å²) in [4.78, 5) is 16.5. The Kier molecular flexibility index (Phi) is 2.56. The van der Waals surface area contributed by atoms with Gasteiger partial charge < -0.3 is 4.90 Å². The van der Waals surface area contributed by atoms with Gasteiger partial charge in [0.25, 0.3) is 0 Å². The zero-order chi connectivity index (χ0) is 11.8. The molecule has 1 aromatic rings. The monoisotopic (exact) mass is 216 g/mol. The molecule has 0 spiro atoms. The summed E-state index contributed by atoms with van der Waals surface area (Å²) >= 11 is 0. The SMILES string of the molecule is Cc1ccc(C2(N=C=O)CC2)c(N(C)C)c1. The van der Waals surface area contributed by atoms with Gasteiger partial charge in [0.05, 0.1) is 0 Å². The molecule has 0 aromatic heterocycles.